The zero-order chi connectivity index (χ0) is 5.98. The van der Waals surface area contributed by atoms with Crippen molar-refractivity contribution in [3.63, 3.8) is 0 Å². The van der Waals surface area contributed by atoms with E-state index in [1.807, 2.05) is 0 Å². The molecule has 46 valence electrons. The molecular formula is C6H10LiNO. The van der Waals surface area contributed by atoms with Crippen LogP contribution in [0.3, 0.4) is 0 Å². The van der Waals surface area contributed by atoms with E-state index in [4.69, 9.17) is 4.74 Å². The Morgan fingerprint density at radius 2 is 2.33 bits per heavy atom. The SMILES string of the molecule is CC(C)[C@H]1CO[13C-]=N1.[Li+]. The minimum atomic E-state index is 0. The molecule has 0 aromatic heterocycles. The van der Waals surface area contributed by atoms with Gasteiger partial charge in [0.05, 0.1) is 6.61 Å². The normalized spacial score (nSPS) is 23.7. The van der Waals surface area contributed by atoms with E-state index >= 15 is 0 Å². The molecule has 1 rings (SSSR count). The summed E-state index contributed by atoms with van der Waals surface area (Å²) in [5.41, 5.74) is 0. The van der Waals surface area contributed by atoms with Gasteiger partial charge in [-0.25, -0.2) is 6.40 Å². The summed E-state index contributed by atoms with van der Waals surface area (Å²) in [5, 5.41) is 0. The van der Waals surface area contributed by atoms with E-state index in [2.05, 4.69) is 25.2 Å². The van der Waals surface area contributed by atoms with Gasteiger partial charge in [-0.2, -0.15) is 0 Å². The maximum Gasteiger partial charge on any atom is 1.00 e. The van der Waals surface area contributed by atoms with Crippen LogP contribution in [-0.4, -0.2) is 19.0 Å². The minimum absolute atomic E-state index is 0. The first-order valence-electron chi connectivity index (χ1n) is 2.87. The van der Waals surface area contributed by atoms with Crippen LogP contribution in [0, 0.1) is 5.92 Å². The van der Waals surface area contributed by atoms with Crippen molar-refractivity contribution >= 4 is 6.40 Å². The quantitative estimate of drug-likeness (QED) is 0.222. The summed E-state index contributed by atoms with van der Waals surface area (Å²) < 4.78 is 4.80. The van der Waals surface area contributed by atoms with Crippen LogP contribution < -0.4 is 18.9 Å². The van der Waals surface area contributed by atoms with Crippen LogP contribution >= 0.6 is 0 Å². The smallest absolute Gasteiger partial charge is 0.673 e. The number of aliphatic imine (C=N–C) groups is 1. The van der Waals surface area contributed by atoms with Crippen molar-refractivity contribution in [3.05, 3.63) is 0 Å². The van der Waals surface area contributed by atoms with Crippen LogP contribution in [0.25, 0.3) is 0 Å². The van der Waals surface area contributed by atoms with Gasteiger partial charge in [0.25, 0.3) is 0 Å². The Kier molecular flexibility index (Phi) is 4.01. The molecule has 3 heteroatoms. The van der Waals surface area contributed by atoms with Gasteiger partial charge in [0.1, 0.15) is 0 Å². The average Bonchev–Trinajstić information content (AvgIpc) is 2.12. The monoisotopic (exact) mass is 120 g/mol. The molecule has 2 nitrogen and oxygen atoms in total. The third-order valence-electron chi connectivity index (χ3n) is 1.31. The van der Waals surface area contributed by atoms with Gasteiger partial charge in [0, 0.05) is 6.04 Å². The fourth-order valence-corrected chi connectivity index (χ4v) is 0.606. The number of nitrogens with zero attached hydrogens (tertiary/aromatic N) is 1. The number of hydrogen-bond acceptors (Lipinski definition) is 2. The molecule has 1 heterocycles. The number of ether oxygens (including phenoxy) is 1. The summed E-state index contributed by atoms with van der Waals surface area (Å²) in [7, 11) is 0. The fourth-order valence-electron chi connectivity index (χ4n) is 0.606. The van der Waals surface area contributed by atoms with Crippen molar-refractivity contribution in [3.8, 4) is 0 Å². The summed E-state index contributed by atoms with van der Waals surface area (Å²) in [6.07, 6.45) is 2.48. The van der Waals surface area contributed by atoms with Crippen LogP contribution in [0.1, 0.15) is 13.8 Å². The summed E-state index contributed by atoms with van der Waals surface area (Å²) in [4.78, 5) is 3.96. The zero-order valence-electron chi connectivity index (χ0n) is 6.22. The zero-order valence-corrected chi connectivity index (χ0v) is 6.22. The third kappa shape index (κ3) is 2.42. The molecule has 1 aliphatic rings. The van der Waals surface area contributed by atoms with Crippen LogP contribution in [0.2, 0.25) is 0 Å². The van der Waals surface area contributed by atoms with E-state index in [1.165, 1.54) is 0 Å². The Hall–Kier alpha value is 0.0674. The van der Waals surface area contributed by atoms with E-state index < -0.39 is 0 Å². The molecule has 9 heavy (non-hydrogen) atoms. The molecule has 0 bridgehead atoms. The van der Waals surface area contributed by atoms with Crippen LogP contribution in [0.4, 0.5) is 0 Å². The van der Waals surface area contributed by atoms with Gasteiger partial charge in [-0.15, -0.1) is 0 Å². The second kappa shape index (κ2) is 3.98. The Morgan fingerprint density at radius 3 is 2.56 bits per heavy atom. The predicted molar refractivity (Wildman–Crippen MR) is 32.0 cm³/mol. The fraction of sp³-hybridized carbons (Fsp3) is 0.833. The van der Waals surface area contributed by atoms with Crippen molar-refractivity contribution < 1.29 is 23.6 Å². The predicted octanol–water partition coefficient (Wildman–Crippen LogP) is -2.05. The van der Waals surface area contributed by atoms with E-state index in [-0.39, 0.29) is 18.9 Å². The Bertz CT molecular complexity index is 103. The van der Waals surface area contributed by atoms with Gasteiger partial charge in [-0.05, 0) is 5.92 Å². The first-order chi connectivity index (χ1) is 3.80. The van der Waals surface area contributed by atoms with Gasteiger partial charge in [0.2, 0.25) is 0 Å². The molecule has 0 N–H and O–H groups in total. The van der Waals surface area contributed by atoms with E-state index in [0.29, 0.717) is 12.0 Å². The van der Waals surface area contributed by atoms with Crippen molar-refractivity contribution in [2.75, 3.05) is 6.61 Å². The first-order valence-corrected chi connectivity index (χ1v) is 2.87. The number of rotatable bonds is 1. The molecule has 0 spiro atoms. The van der Waals surface area contributed by atoms with E-state index in [0.717, 1.165) is 6.61 Å². The third-order valence-corrected chi connectivity index (χ3v) is 1.31. The summed E-state index contributed by atoms with van der Waals surface area (Å²) in [6, 6.07) is 0.356. The number of hydrogen-bond donors (Lipinski definition) is 0. The van der Waals surface area contributed by atoms with Crippen molar-refractivity contribution in [1.82, 2.24) is 0 Å². The Labute approximate surface area is 67.9 Å². The molecule has 1 aliphatic heterocycles. The van der Waals surface area contributed by atoms with Crippen molar-refractivity contribution in [1.29, 1.82) is 0 Å². The van der Waals surface area contributed by atoms with Gasteiger partial charge in [-0.3, -0.25) is 0 Å². The van der Waals surface area contributed by atoms with Crippen molar-refractivity contribution in [2.24, 2.45) is 10.9 Å². The van der Waals surface area contributed by atoms with Crippen LogP contribution in [0.15, 0.2) is 4.99 Å². The first kappa shape index (κ1) is 9.07. The van der Waals surface area contributed by atoms with Gasteiger partial charge in [-0.1, -0.05) is 13.8 Å². The maximum absolute atomic E-state index is 4.80. The topological polar surface area (TPSA) is 21.6 Å². The molecule has 0 aromatic carbocycles. The van der Waals surface area contributed by atoms with Gasteiger partial charge >= 0.3 is 18.9 Å². The molecule has 1 atom stereocenters. The molecule has 0 fully saturated rings. The minimum Gasteiger partial charge on any atom is -0.673 e. The van der Waals surface area contributed by atoms with Crippen LogP contribution in [-0.2, 0) is 4.74 Å². The molecule has 0 radical (unpaired) electrons. The average molecular weight is 120 g/mol. The molecule has 0 saturated carbocycles. The largest absolute Gasteiger partial charge is 1.00 e. The Morgan fingerprint density at radius 1 is 1.67 bits per heavy atom. The van der Waals surface area contributed by atoms with Crippen molar-refractivity contribution in [2.45, 2.75) is 19.9 Å². The molecule has 0 saturated heterocycles. The summed E-state index contributed by atoms with van der Waals surface area (Å²) >= 11 is 0. The second-order valence-electron chi connectivity index (χ2n) is 2.34. The summed E-state index contributed by atoms with van der Waals surface area (Å²) in [6.45, 7) is 4.98. The molecule has 0 unspecified atom stereocenters. The van der Waals surface area contributed by atoms with Crippen LogP contribution in [0.5, 0.6) is 0 Å². The van der Waals surface area contributed by atoms with Gasteiger partial charge < -0.3 is 9.73 Å². The molecule has 0 aromatic rings. The van der Waals surface area contributed by atoms with E-state index in [1.54, 1.807) is 0 Å². The molecule has 0 aliphatic carbocycles. The van der Waals surface area contributed by atoms with Gasteiger partial charge in [0.15, 0.2) is 0 Å². The summed E-state index contributed by atoms with van der Waals surface area (Å²) in [5.74, 6) is 0.588. The maximum atomic E-state index is 4.80. The van der Waals surface area contributed by atoms with E-state index in [9.17, 15) is 0 Å². The second-order valence-corrected chi connectivity index (χ2v) is 2.34. The molecular weight excluding hydrogens is 110 g/mol. The standard InChI is InChI=1S/C6H10NO.Li/c1-5(2)6-3-8-4-7-6;/h5-6H,3H2,1-2H3;/q-1;+1/t6-;/m1./s1/i4+1;. The molecule has 0 amide bonds. The Balaban J connectivity index is 0.000000640.